The molecule has 0 radical (unpaired) electrons. The molecule has 0 atom stereocenters. The van der Waals surface area contributed by atoms with Gasteiger partial charge in [0.05, 0.1) is 12.1 Å². The normalized spacial score (nSPS) is 10.2. The van der Waals surface area contributed by atoms with Gasteiger partial charge in [-0.25, -0.2) is 0 Å². The fourth-order valence-corrected chi connectivity index (χ4v) is 2.50. The van der Waals surface area contributed by atoms with E-state index in [1.807, 2.05) is 0 Å². The number of anilines is 2. The summed E-state index contributed by atoms with van der Waals surface area (Å²) in [5.74, 6) is 0.0178. The first-order chi connectivity index (χ1) is 8.22. The largest absolute Gasteiger partial charge is 0.382 e. The number of nitrogens with two attached hydrogens (primary N) is 1. The van der Waals surface area contributed by atoms with Crippen LogP contribution in [0.15, 0.2) is 11.7 Å². The Morgan fingerprint density at radius 2 is 2.41 bits per heavy atom. The first-order valence-electron chi connectivity index (χ1n) is 4.81. The fraction of sp³-hybridized carbons (Fsp3) is 0.222. The summed E-state index contributed by atoms with van der Waals surface area (Å²) >= 11 is 2.73. The number of carbonyl (C=O) groups is 1. The first-order valence-corrected chi connectivity index (χ1v) is 6.46. The third-order valence-electron chi connectivity index (χ3n) is 2.08. The minimum Gasteiger partial charge on any atom is -0.382 e. The zero-order chi connectivity index (χ0) is 12.3. The molecule has 2 rings (SSSR count). The standard InChI is InChI=1S/C9H11N5OS2/c1-11-8(15)6-7(10)14-17-9(6)13-3-5-2-12-4-16-5/h2,4,13H,3H2,1H3,(H2,10,14)(H,11,15). The minimum absolute atomic E-state index is 0.233. The topological polar surface area (TPSA) is 92.9 Å². The van der Waals surface area contributed by atoms with Crippen LogP contribution in [0.4, 0.5) is 10.8 Å². The molecule has 17 heavy (non-hydrogen) atoms. The number of nitrogen functional groups attached to an aromatic ring is 1. The van der Waals surface area contributed by atoms with Crippen molar-refractivity contribution >= 4 is 39.6 Å². The zero-order valence-electron chi connectivity index (χ0n) is 9.06. The van der Waals surface area contributed by atoms with Gasteiger partial charge in [0.15, 0.2) is 5.82 Å². The lowest BCUT2D eigenvalue weighted by Crippen LogP contribution is -2.19. The summed E-state index contributed by atoms with van der Waals surface area (Å²) < 4.78 is 3.97. The maximum atomic E-state index is 11.6. The van der Waals surface area contributed by atoms with Crippen LogP contribution in [-0.4, -0.2) is 22.3 Å². The molecule has 2 aromatic rings. The molecule has 0 saturated heterocycles. The molecular formula is C9H11N5OS2. The van der Waals surface area contributed by atoms with Gasteiger partial charge in [0.1, 0.15) is 10.6 Å². The molecule has 6 nitrogen and oxygen atoms in total. The Hall–Kier alpha value is -1.67. The molecule has 0 aromatic carbocycles. The average molecular weight is 269 g/mol. The number of amides is 1. The van der Waals surface area contributed by atoms with Gasteiger partial charge in [0.2, 0.25) is 0 Å². The van der Waals surface area contributed by atoms with E-state index in [-0.39, 0.29) is 11.7 Å². The molecule has 90 valence electrons. The van der Waals surface area contributed by atoms with Gasteiger partial charge < -0.3 is 16.4 Å². The molecule has 0 aliphatic carbocycles. The van der Waals surface area contributed by atoms with Crippen molar-refractivity contribution in [3.8, 4) is 0 Å². The highest BCUT2D eigenvalue weighted by Crippen LogP contribution is 2.27. The van der Waals surface area contributed by atoms with Crippen molar-refractivity contribution in [1.29, 1.82) is 0 Å². The van der Waals surface area contributed by atoms with Gasteiger partial charge in [0.25, 0.3) is 5.91 Å². The van der Waals surface area contributed by atoms with E-state index >= 15 is 0 Å². The lowest BCUT2D eigenvalue weighted by atomic mass is 10.3. The zero-order valence-corrected chi connectivity index (χ0v) is 10.7. The molecule has 0 aliphatic rings. The van der Waals surface area contributed by atoms with Crippen molar-refractivity contribution in [3.05, 3.63) is 22.1 Å². The van der Waals surface area contributed by atoms with Crippen molar-refractivity contribution in [2.24, 2.45) is 0 Å². The fourth-order valence-electron chi connectivity index (χ4n) is 1.26. The van der Waals surface area contributed by atoms with Crippen LogP contribution in [0.25, 0.3) is 0 Å². The monoisotopic (exact) mass is 269 g/mol. The van der Waals surface area contributed by atoms with Gasteiger partial charge in [0, 0.05) is 18.1 Å². The molecule has 0 saturated carbocycles. The Bertz CT molecular complexity index is 507. The summed E-state index contributed by atoms with van der Waals surface area (Å²) in [5, 5.41) is 6.35. The van der Waals surface area contributed by atoms with Crippen LogP contribution in [0.3, 0.4) is 0 Å². The second kappa shape index (κ2) is 5.11. The third kappa shape index (κ3) is 2.53. The summed E-state index contributed by atoms with van der Waals surface area (Å²) in [7, 11) is 1.56. The highest BCUT2D eigenvalue weighted by atomic mass is 32.1. The van der Waals surface area contributed by atoms with Crippen molar-refractivity contribution in [1.82, 2.24) is 14.7 Å². The Morgan fingerprint density at radius 1 is 1.59 bits per heavy atom. The lowest BCUT2D eigenvalue weighted by molar-refractivity contribution is 0.0965. The number of aromatic nitrogens is 2. The molecule has 0 aliphatic heterocycles. The summed E-state index contributed by atoms with van der Waals surface area (Å²) in [6.07, 6.45) is 1.78. The number of rotatable bonds is 4. The highest BCUT2D eigenvalue weighted by Gasteiger charge is 2.17. The van der Waals surface area contributed by atoms with Gasteiger partial charge in [-0.15, -0.1) is 11.3 Å². The Balaban J connectivity index is 2.13. The van der Waals surface area contributed by atoms with E-state index in [0.29, 0.717) is 17.1 Å². The molecule has 0 bridgehead atoms. The van der Waals surface area contributed by atoms with Crippen LogP contribution in [0.5, 0.6) is 0 Å². The summed E-state index contributed by atoms with van der Waals surface area (Å²) in [6, 6.07) is 0. The van der Waals surface area contributed by atoms with E-state index in [1.165, 1.54) is 11.5 Å². The number of carbonyl (C=O) groups excluding carboxylic acids is 1. The van der Waals surface area contributed by atoms with E-state index in [2.05, 4.69) is 20.0 Å². The third-order valence-corrected chi connectivity index (χ3v) is 3.68. The minimum atomic E-state index is -0.233. The number of hydrogen-bond donors (Lipinski definition) is 3. The highest BCUT2D eigenvalue weighted by molar-refractivity contribution is 7.11. The molecular weight excluding hydrogens is 258 g/mol. The van der Waals surface area contributed by atoms with Crippen LogP contribution >= 0.6 is 22.9 Å². The number of thiazole rings is 1. The molecule has 1 amide bonds. The van der Waals surface area contributed by atoms with E-state index in [4.69, 9.17) is 5.73 Å². The van der Waals surface area contributed by atoms with Crippen LogP contribution in [0.2, 0.25) is 0 Å². The smallest absolute Gasteiger partial charge is 0.257 e. The maximum Gasteiger partial charge on any atom is 0.257 e. The van der Waals surface area contributed by atoms with Crippen LogP contribution in [0, 0.1) is 0 Å². The van der Waals surface area contributed by atoms with Crippen LogP contribution < -0.4 is 16.4 Å². The van der Waals surface area contributed by atoms with Crippen molar-refractivity contribution < 1.29 is 4.79 Å². The summed E-state index contributed by atoms with van der Waals surface area (Å²) in [6.45, 7) is 0.607. The van der Waals surface area contributed by atoms with E-state index in [1.54, 1.807) is 30.1 Å². The number of nitrogens with one attached hydrogen (secondary N) is 2. The van der Waals surface area contributed by atoms with Gasteiger partial charge in [-0.2, -0.15) is 4.37 Å². The Kier molecular flexibility index (Phi) is 3.55. The lowest BCUT2D eigenvalue weighted by Gasteiger charge is -2.04. The van der Waals surface area contributed by atoms with Gasteiger partial charge in [-0.3, -0.25) is 9.78 Å². The molecule has 0 spiro atoms. The second-order valence-corrected chi connectivity index (χ2v) is 4.92. The SMILES string of the molecule is CNC(=O)c1c(N)nsc1NCc1cncs1. The predicted octanol–water partition coefficient (Wildman–Crippen LogP) is 1.15. The van der Waals surface area contributed by atoms with Crippen molar-refractivity contribution in [3.63, 3.8) is 0 Å². The Labute approximate surface area is 106 Å². The van der Waals surface area contributed by atoms with Gasteiger partial charge in [-0.1, -0.05) is 0 Å². The molecule has 2 heterocycles. The predicted molar refractivity (Wildman–Crippen MR) is 69.4 cm³/mol. The number of hydrogen-bond acceptors (Lipinski definition) is 7. The number of nitrogens with zero attached hydrogens (tertiary/aromatic N) is 2. The van der Waals surface area contributed by atoms with Crippen molar-refractivity contribution in [2.45, 2.75) is 6.54 Å². The van der Waals surface area contributed by atoms with Gasteiger partial charge >= 0.3 is 0 Å². The average Bonchev–Trinajstić information content (AvgIpc) is 2.95. The van der Waals surface area contributed by atoms with Crippen LogP contribution in [-0.2, 0) is 6.54 Å². The molecule has 8 heteroatoms. The second-order valence-electron chi connectivity index (χ2n) is 3.17. The van der Waals surface area contributed by atoms with E-state index in [0.717, 1.165) is 4.88 Å². The summed E-state index contributed by atoms with van der Waals surface area (Å²) in [5.41, 5.74) is 7.82. The maximum absolute atomic E-state index is 11.6. The Morgan fingerprint density at radius 3 is 3.06 bits per heavy atom. The summed E-state index contributed by atoms with van der Waals surface area (Å²) in [4.78, 5) is 16.7. The van der Waals surface area contributed by atoms with E-state index in [9.17, 15) is 4.79 Å². The van der Waals surface area contributed by atoms with Crippen LogP contribution in [0.1, 0.15) is 15.2 Å². The van der Waals surface area contributed by atoms with Gasteiger partial charge in [-0.05, 0) is 11.5 Å². The van der Waals surface area contributed by atoms with Crippen molar-refractivity contribution in [2.75, 3.05) is 18.1 Å². The molecule has 0 unspecified atom stereocenters. The molecule has 0 fully saturated rings. The molecule has 4 N–H and O–H groups in total. The molecule has 2 aromatic heterocycles. The first kappa shape index (κ1) is 11.8. The van der Waals surface area contributed by atoms with E-state index < -0.39 is 0 Å². The quantitative estimate of drug-likeness (QED) is 0.774.